The molecule has 2 aliphatic heterocycles. The number of nitrogens with one attached hydrogen (secondary N) is 2. The quantitative estimate of drug-likeness (QED) is 0.691. The van der Waals surface area contributed by atoms with Crippen molar-refractivity contribution in [1.29, 1.82) is 0 Å². The van der Waals surface area contributed by atoms with Crippen LogP contribution in [-0.2, 0) is 0 Å². The minimum absolute atomic E-state index is 0.0113. The summed E-state index contributed by atoms with van der Waals surface area (Å²) in [5.41, 5.74) is 4.79. The average molecular weight is 436 g/mol. The minimum atomic E-state index is -0.233. The Morgan fingerprint density at radius 2 is 1.91 bits per heavy atom. The van der Waals surface area contributed by atoms with Gasteiger partial charge in [-0.3, -0.25) is 9.59 Å². The molecular formula is C27H37N3O2. The standard InChI is InChI=1S/C27H37N3O2/c1-17(2)23-14-19(13-18(3)15-28-4)29-27(32)24-16-30(20-9-6-5-7-10-20)25-21(23)11-8-12-22(25)26(24)31/h8,11-12,16,18-20,28H,5-7,9-10,13-15H2,1-4H3,(H,29,32). The van der Waals surface area contributed by atoms with E-state index in [1.54, 1.807) is 0 Å². The Balaban J connectivity index is 1.93. The van der Waals surface area contributed by atoms with E-state index < -0.39 is 0 Å². The van der Waals surface area contributed by atoms with E-state index in [1.807, 2.05) is 25.4 Å². The second kappa shape index (κ2) is 9.62. The van der Waals surface area contributed by atoms with Gasteiger partial charge < -0.3 is 15.2 Å². The number of pyridine rings is 1. The summed E-state index contributed by atoms with van der Waals surface area (Å²) in [5, 5.41) is 7.15. The highest BCUT2D eigenvalue weighted by Crippen LogP contribution is 2.36. The number of aromatic nitrogens is 1. The number of fused-ring (bicyclic) bond motifs is 5. The van der Waals surface area contributed by atoms with Crippen LogP contribution in [0, 0.1) is 5.92 Å². The van der Waals surface area contributed by atoms with Crippen molar-refractivity contribution in [2.45, 2.75) is 77.8 Å². The van der Waals surface area contributed by atoms with Gasteiger partial charge in [-0.25, -0.2) is 0 Å². The van der Waals surface area contributed by atoms with Crippen molar-refractivity contribution < 1.29 is 4.79 Å². The van der Waals surface area contributed by atoms with Crippen LogP contribution < -0.4 is 16.1 Å². The minimum Gasteiger partial charge on any atom is -0.349 e. The zero-order chi connectivity index (χ0) is 22.8. The number of amides is 1. The third-order valence-corrected chi connectivity index (χ3v) is 7.22. The molecule has 2 unspecified atom stereocenters. The highest BCUT2D eigenvalue weighted by Gasteiger charge is 2.28. The molecule has 0 spiro atoms. The highest BCUT2D eigenvalue weighted by molar-refractivity contribution is 6.00. The van der Waals surface area contributed by atoms with Gasteiger partial charge in [-0.15, -0.1) is 0 Å². The molecule has 32 heavy (non-hydrogen) atoms. The molecule has 0 saturated heterocycles. The zero-order valence-electron chi connectivity index (χ0n) is 20.0. The molecule has 3 heterocycles. The number of hydrogen-bond donors (Lipinski definition) is 2. The predicted octanol–water partition coefficient (Wildman–Crippen LogP) is 5.05. The van der Waals surface area contributed by atoms with E-state index in [0.29, 0.717) is 17.3 Å². The molecular weight excluding hydrogens is 398 g/mol. The lowest BCUT2D eigenvalue weighted by molar-refractivity contribution is 0.0930. The number of hydrogen-bond acceptors (Lipinski definition) is 3. The maximum atomic E-state index is 13.5. The van der Waals surface area contributed by atoms with Crippen LogP contribution in [0.15, 0.2) is 34.8 Å². The van der Waals surface area contributed by atoms with Gasteiger partial charge in [0, 0.05) is 29.2 Å². The largest absolute Gasteiger partial charge is 0.349 e. The van der Waals surface area contributed by atoms with Crippen LogP contribution in [0.25, 0.3) is 16.5 Å². The number of para-hydroxylation sites is 1. The van der Waals surface area contributed by atoms with Gasteiger partial charge in [0.05, 0.1) is 5.52 Å². The van der Waals surface area contributed by atoms with Crippen LogP contribution in [0.4, 0.5) is 0 Å². The van der Waals surface area contributed by atoms with E-state index in [4.69, 9.17) is 0 Å². The number of rotatable bonds is 5. The first-order valence-corrected chi connectivity index (χ1v) is 12.2. The average Bonchev–Trinajstić information content (AvgIpc) is 2.77. The summed E-state index contributed by atoms with van der Waals surface area (Å²) in [4.78, 5) is 26.9. The molecule has 2 aromatic rings. The van der Waals surface area contributed by atoms with Gasteiger partial charge >= 0.3 is 0 Å². The summed E-state index contributed by atoms with van der Waals surface area (Å²) in [6, 6.07) is 6.37. The normalized spacial score (nSPS) is 20.6. The first-order chi connectivity index (χ1) is 15.4. The van der Waals surface area contributed by atoms with Gasteiger partial charge in [0.1, 0.15) is 5.56 Å². The fraction of sp³-hybridized carbons (Fsp3) is 0.556. The van der Waals surface area contributed by atoms with Crippen LogP contribution in [0.1, 0.15) is 87.7 Å². The molecule has 4 bridgehead atoms. The molecule has 5 heteroatoms. The molecule has 1 saturated carbocycles. The van der Waals surface area contributed by atoms with Gasteiger partial charge in [0.25, 0.3) is 5.91 Å². The number of nitrogens with zero attached hydrogens (tertiary/aromatic N) is 1. The summed E-state index contributed by atoms with van der Waals surface area (Å²) in [6.07, 6.45) is 9.36. The van der Waals surface area contributed by atoms with Crippen molar-refractivity contribution in [3.63, 3.8) is 0 Å². The fourth-order valence-corrected chi connectivity index (χ4v) is 5.67. The van der Waals surface area contributed by atoms with Gasteiger partial charge in [0.2, 0.25) is 5.43 Å². The summed E-state index contributed by atoms with van der Waals surface area (Å²) in [7, 11) is 1.96. The van der Waals surface area contributed by atoms with Crippen molar-refractivity contribution in [1.82, 2.24) is 15.2 Å². The van der Waals surface area contributed by atoms with Gasteiger partial charge in [0.15, 0.2) is 0 Å². The Bertz CT molecular complexity index is 1090. The lowest BCUT2D eigenvalue weighted by Crippen LogP contribution is -2.40. The molecule has 1 aromatic heterocycles. The Morgan fingerprint density at radius 1 is 1.16 bits per heavy atom. The Labute approximate surface area is 191 Å². The highest BCUT2D eigenvalue weighted by atomic mass is 16.2. The van der Waals surface area contributed by atoms with E-state index in [-0.39, 0.29) is 22.9 Å². The lowest BCUT2D eigenvalue weighted by atomic mass is 9.87. The monoisotopic (exact) mass is 435 g/mol. The molecule has 0 radical (unpaired) electrons. The first-order valence-electron chi connectivity index (χ1n) is 12.2. The smallest absolute Gasteiger partial charge is 0.257 e. The summed E-state index contributed by atoms with van der Waals surface area (Å²) < 4.78 is 2.27. The maximum absolute atomic E-state index is 13.5. The number of carbonyl (C=O) groups excluding carboxylic acids is 1. The van der Waals surface area contributed by atoms with E-state index in [9.17, 15) is 9.59 Å². The summed E-state index contributed by atoms with van der Waals surface area (Å²) >= 11 is 0. The summed E-state index contributed by atoms with van der Waals surface area (Å²) in [5.74, 6) is 0.186. The van der Waals surface area contributed by atoms with Gasteiger partial charge in [-0.05, 0) is 70.7 Å². The van der Waals surface area contributed by atoms with Gasteiger partial charge in [-0.2, -0.15) is 0 Å². The second-order valence-electron chi connectivity index (χ2n) is 10.0. The fourth-order valence-electron chi connectivity index (χ4n) is 5.67. The Kier molecular flexibility index (Phi) is 6.85. The summed E-state index contributed by atoms with van der Waals surface area (Å²) in [6.45, 7) is 7.39. The van der Waals surface area contributed by atoms with Crippen molar-refractivity contribution in [2.75, 3.05) is 13.6 Å². The first kappa shape index (κ1) is 22.8. The molecule has 1 fully saturated rings. The Morgan fingerprint density at radius 3 is 2.59 bits per heavy atom. The number of benzene rings is 1. The number of allylic oxidation sites excluding steroid dienone is 1. The topological polar surface area (TPSA) is 63.1 Å². The third kappa shape index (κ3) is 4.40. The molecule has 1 aromatic carbocycles. The predicted molar refractivity (Wildman–Crippen MR) is 132 cm³/mol. The van der Waals surface area contributed by atoms with E-state index in [1.165, 1.54) is 30.4 Å². The zero-order valence-corrected chi connectivity index (χ0v) is 20.0. The Hall–Kier alpha value is -2.40. The van der Waals surface area contributed by atoms with E-state index in [2.05, 4.69) is 42.0 Å². The molecule has 5 rings (SSSR count). The molecule has 172 valence electrons. The van der Waals surface area contributed by atoms with E-state index in [0.717, 1.165) is 43.3 Å². The van der Waals surface area contributed by atoms with Crippen molar-refractivity contribution in [3.05, 3.63) is 51.3 Å². The van der Waals surface area contributed by atoms with Crippen LogP contribution in [0.5, 0.6) is 0 Å². The SMILES string of the molecule is CNCC(C)CC1CC(=C(C)C)c2cccc3c(=O)c(cn(C4CCCCC4)c23)C(=O)N1. The number of carbonyl (C=O) groups is 1. The van der Waals surface area contributed by atoms with Crippen molar-refractivity contribution >= 4 is 22.4 Å². The molecule has 2 atom stereocenters. The van der Waals surface area contributed by atoms with Crippen LogP contribution >= 0.6 is 0 Å². The molecule has 2 N–H and O–H groups in total. The van der Waals surface area contributed by atoms with Crippen LogP contribution in [0.2, 0.25) is 0 Å². The van der Waals surface area contributed by atoms with Gasteiger partial charge in [-0.1, -0.05) is 43.9 Å². The van der Waals surface area contributed by atoms with Crippen molar-refractivity contribution in [3.8, 4) is 0 Å². The lowest BCUT2D eigenvalue weighted by Gasteiger charge is -2.31. The van der Waals surface area contributed by atoms with Crippen LogP contribution in [-0.4, -0.2) is 30.1 Å². The molecule has 1 aliphatic carbocycles. The molecule has 5 nitrogen and oxygen atoms in total. The van der Waals surface area contributed by atoms with Crippen molar-refractivity contribution in [2.24, 2.45) is 5.92 Å². The third-order valence-electron chi connectivity index (χ3n) is 7.22. The molecule has 1 amide bonds. The van der Waals surface area contributed by atoms with Crippen LogP contribution in [0.3, 0.4) is 0 Å². The van der Waals surface area contributed by atoms with E-state index >= 15 is 0 Å². The second-order valence-corrected chi connectivity index (χ2v) is 10.0. The maximum Gasteiger partial charge on any atom is 0.257 e. The molecule has 3 aliphatic rings.